The molecule has 1 heterocycles. The van der Waals surface area contributed by atoms with Crippen LogP contribution in [-0.2, 0) is 5.88 Å². The molecule has 0 spiro atoms. The Labute approximate surface area is 123 Å². The monoisotopic (exact) mass is 298 g/mol. The first kappa shape index (κ1) is 15.6. The van der Waals surface area contributed by atoms with Gasteiger partial charge >= 0.3 is 0 Å². The van der Waals surface area contributed by atoms with Crippen molar-refractivity contribution in [2.75, 3.05) is 19.0 Å². The zero-order valence-electron chi connectivity index (χ0n) is 10.8. The lowest BCUT2D eigenvalue weighted by Gasteiger charge is -2.12. The topological polar surface area (TPSA) is 36.1 Å². The molecule has 5 heteroatoms. The minimum Gasteiger partial charge on any atom is -0.378 e. The predicted octanol–water partition coefficient (Wildman–Crippen LogP) is 3.27. The van der Waals surface area contributed by atoms with Gasteiger partial charge in [-0.3, -0.25) is 4.79 Å². The van der Waals surface area contributed by atoms with Crippen LogP contribution >= 0.6 is 24.0 Å². The Hall–Kier alpha value is -1.45. The van der Waals surface area contributed by atoms with Crippen LogP contribution in [0.5, 0.6) is 0 Å². The third kappa shape index (κ3) is 3.52. The van der Waals surface area contributed by atoms with Crippen molar-refractivity contribution in [2.45, 2.75) is 5.88 Å². The molecule has 0 aliphatic heterocycles. The van der Waals surface area contributed by atoms with Gasteiger partial charge in [0.05, 0.1) is 5.88 Å². The number of aromatic nitrogens is 1. The fourth-order valence-electron chi connectivity index (χ4n) is 1.72. The summed E-state index contributed by atoms with van der Waals surface area (Å²) in [6.45, 7) is 0. The standard InChI is InChI=1S/C14H15ClN2O.ClH/c1-17(2)12-6-3-10(4-7-12)13-8-5-11(9-15)14(18)16-13;/h3-8H,9H2,1-2H3,(H,16,18);1H. The number of nitrogens with zero attached hydrogens (tertiary/aromatic N) is 1. The number of hydrogen-bond acceptors (Lipinski definition) is 2. The van der Waals surface area contributed by atoms with Crippen LogP contribution in [0.4, 0.5) is 5.69 Å². The molecule has 0 bridgehead atoms. The number of alkyl halides is 1. The Bertz CT molecular complexity index is 591. The van der Waals surface area contributed by atoms with Gasteiger partial charge in [-0.25, -0.2) is 0 Å². The highest BCUT2D eigenvalue weighted by Crippen LogP contribution is 2.20. The summed E-state index contributed by atoms with van der Waals surface area (Å²) in [5.41, 5.74) is 3.38. The number of benzene rings is 1. The lowest BCUT2D eigenvalue weighted by Crippen LogP contribution is -2.11. The first-order chi connectivity index (χ1) is 8.61. The molecule has 2 aromatic rings. The molecular weight excluding hydrogens is 283 g/mol. The van der Waals surface area contributed by atoms with Crippen LogP contribution in [-0.4, -0.2) is 19.1 Å². The molecule has 3 nitrogen and oxygen atoms in total. The first-order valence-corrected chi connectivity index (χ1v) is 6.21. The van der Waals surface area contributed by atoms with E-state index in [9.17, 15) is 4.79 Å². The van der Waals surface area contributed by atoms with E-state index in [0.717, 1.165) is 16.9 Å². The highest BCUT2D eigenvalue weighted by Gasteiger charge is 2.03. The average Bonchev–Trinajstić information content (AvgIpc) is 2.38. The fraction of sp³-hybridized carbons (Fsp3) is 0.214. The number of hydrogen-bond donors (Lipinski definition) is 1. The largest absolute Gasteiger partial charge is 0.378 e. The summed E-state index contributed by atoms with van der Waals surface area (Å²) in [7, 11) is 3.98. The number of aromatic amines is 1. The van der Waals surface area contributed by atoms with E-state index < -0.39 is 0 Å². The Morgan fingerprint density at radius 3 is 2.21 bits per heavy atom. The molecule has 0 amide bonds. The summed E-state index contributed by atoms with van der Waals surface area (Å²) in [4.78, 5) is 16.5. The lowest BCUT2D eigenvalue weighted by molar-refractivity contribution is 1.13. The molecule has 0 saturated heterocycles. The SMILES string of the molecule is CN(C)c1ccc(-c2ccc(CCl)c(=O)[nH]2)cc1.Cl. The normalized spacial score (nSPS) is 9.84. The predicted molar refractivity (Wildman–Crippen MR) is 83.6 cm³/mol. The van der Waals surface area contributed by atoms with Gasteiger partial charge in [-0.05, 0) is 23.8 Å². The summed E-state index contributed by atoms with van der Waals surface area (Å²) in [5, 5.41) is 0. The van der Waals surface area contributed by atoms with Crippen molar-refractivity contribution in [1.29, 1.82) is 0 Å². The molecule has 0 atom stereocenters. The highest BCUT2D eigenvalue weighted by atomic mass is 35.5. The summed E-state index contributed by atoms with van der Waals surface area (Å²) in [6.07, 6.45) is 0. The highest BCUT2D eigenvalue weighted by molar-refractivity contribution is 6.17. The molecule has 0 unspecified atom stereocenters. The molecule has 0 aliphatic rings. The second-order valence-corrected chi connectivity index (χ2v) is 4.57. The molecule has 0 saturated carbocycles. The first-order valence-electron chi connectivity index (χ1n) is 5.68. The van der Waals surface area contributed by atoms with E-state index in [1.54, 1.807) is 6.07 Å². The van der Waals surface area contributed by atoms with Crippen LogP contribution in [0.25, 0.3) is 11.3 Å². The van der Waals surface area contributed by atoms with Crippen molar-refractivity contribution in [1.82, 2.24) is 4.98 Å². The third-order valence-corrected chi connectivity index (χ3v) is 3.12. The van der Waals surface area contributed by atoms with E-state index in [4.69, 9.17) is 11.6 Å². The Kier molecular flexibility index (Phi) is 5.45. The molecule has 1 aromatic heterocycles. The lowest BCUT2D eigenvalue weighted by atomic mass is 10.1. The second-order valence-electron chi connectivity index (χ2n) is 4.30. The van der Waals surface area contributed by atoms with Gasteiger partial charge in [-0.2, -0.15) is 0 Å². The molecule has 102 valence electrons. The van der Waals surface area contributed by atoms with E-state index in [0.29, 0.717) is 5.56 Å². The molecule has 19 heavy (non-hydrogen) atoms. The van der Waals surface area contributed by atoms with Crippen molar-refractivity contribution < 1.29 is 0 Å². The minimum atomic E-state index is -0.126. The molecule has 0 aliphatic carbocycles. The van der Waals surface area contributed by atoms with E-state index in [2.05, 4.69) is 4.98 Å². The van der Waals surface area contributed by atoms with E-state index >= 15 is 0 Å². The Morgan fingerprint density at radius 1 is 1.11 bits per heavy atom. The Balaban J connectivity index is 0.00000180. The van der Waals surface area contributed by atoms with Gasteiger partial charge in [0.15, 0.2) is 0 Å². The Morgan fingerprint density at radius 2 is 1.74 bits per heavy atom. The number of pyridine rings is 1. The number of halogens is 2. The van der Waals surface area contributed by atoms with Crippen LogP contribution in [0.1, 0.15) is 5.56 Å². The summed E-state index contributed by atoms with van der Waals surface area (Å²) >= 11 is 5.66. The zero-order valence-corrected chi connectivity index (χ0v) is 12.4. The second kappa shape index (κ2) is 6.64. The van der Waals surface area contributed by atoms with Crippen LogP contribution in [0, 0.1) is 0 Å². The zero-order chi connectivity index (χ0) is 13.1. The fourth-order valence-corrected chi connectivity index (χ4v) is 1.93. The summed E-state index contributed by atoms with van der Waals surface area (Å²) < 4.78 is 0. The molecule has 1 N–H and O–H groups in total. The van der Waals surface area contributed by atoms with Gasteiger partial charge in [-0.1, -0.05) is 18.2 Å². The quantitative estimate of drug-likeness (QED) is 0.883. The van der Waals surface area contributed by atoms with E-state index in [1.807, 2.05) is 49.3 Å². The van der Waals surface area contributed by atoms with Crippen molar-refractivity contribution in [3.05, 3.63) is 52.3 Å². The average molecular weight is 299 g/mol. The molecule has 0 fully saturated rings. The summed E-state index contributed by atoms with van der Waals surface area (Å²) in [5.74, 6) is 0.231. The van der Waals surface area contributed by atoms with Gasteiger partial charge < -0.3 is 9.88 Å². The van der Waals surface area contributed by atoms with E-state index in [1.165, 1.54) is 0 Å². The summed E-state index contributed by atoms with van der Waals surface area (Å²) in [6, 6.07) is 11.7. The number of H-pyrrole nitrogens is 1. The number of rotatable bonds is 3. The third-order valence-electron chi connectivity index (χ3n) is 2.83. The number of anilines is 1. The van der Waals surface area contributed by atoms with Crippen molar-refractivity contribution in [3.63, 3.8) is 0 Å². The minimum absolute atomic E-state index is 0. The van der Waals surface area contributed by atoms with Gasteiger partial charge in [0.25, 0.3) is 5.56 Å². The van der Waals surface area contributed by atoms with Gasteiger partial charge in [0.2, 0.25) is 0 Å². The van der Waals surface area contributed by atoms with Crippen LogP contribution in [0.15, 0.2) is 41.2 Å². The molecule has 1 aromatic carbocycles. The molecular formula is C14H16Cl2N2O. The maximum atomic E-state index is 11.7. The van der Waals surface area contributed by atoms with Gasteiger partial charge in [0.1, 0.15) is 0 Å². The van der Waals surface area contributed by atoms with Gasteiger partial charge in [-0.15, -0.1) is 24.0 Å². The van der Waals surface area contributed by atoms with Crippen LogP contribution in [0.3, 0.4) is 0 Å². The van der Waals surface area contributed by atoms with E-state index in [-0.39, 0.29) is 23.8 Å². The number of nitrogens with one attached hydrogen (secondary N) is 1. The molecule has 0 radical (unpaired) electrons. The van der Waals surface area contributed by atoms with Crippen molar-refractivity contribution >= 4 is 29.7 Å². The maximum Gasteiger partial charge on any atom is 0.252 e. The maximum absolute atomic E-state index is 11.7. The van der Waals surface area contributed by atoms with Gasteiger partial charge in [0, 0.05) is 31.0 Å². The van der Waals surface area contributed by atoms with Crippen LogP contribution in [0.2, 0.25) is 0 Å². The molecule has 2 rings (SSSR count). The van der Waals surface area contributed by atoms with Crippen molar-refractivity contribution in [2.24, 2.45) is 0 Å². The van der Waals surface area contributed by atoms with Crippen LogP contribution < -0.4 is 10.5 Å². The van der Waals surface area contributed by atoms with Crippen molar-refractivity contribution in [3.8, 4) is 11.3 Å². The smallest absolute Gasteiger partial charge is 0.252 e.